The molecule has 0 amide bonds. The van der Waals surface area contributed by atoms with Gasteiger partial charge in [-0.2, -0.15) is 0 Å². The van der Waals surface area contributed by atoms with Crippen molar-refractivity contribution < 1.29 is 20.4 Å². The van der Waals surface area contributed by atoms with E-state index in [9.17, 15) is 10.2 Å². The van der Waals surface area contributed by atoms with Crippen LogP contribution in [-0.2, 0) is 0 Å². The highest BCUT2D eigenvalue weighted by atomic mass is 16.4. The summed E-state index contributed by atoms with van der Waals surface area (Å²) < 4.78 is 0. The van der Waals surface area contributed by atoms with Crippen LogP contribution in [0.1, 0.15) is 19.3 Å². The molecule has 4 nitrogen and oxygen atoms in total. The van der Waals surface area contributed by atoms with E-state index in [4.69, 9.17) is 10.2 Å². The predicted molar refractivity (Wildman–Crippen MR) is 42.4 cm³/mol. The molecule has 1 aliphatic carbocycles. The van der Waals surface area contributed by atoms with Crippen molar-refractivity contribution in [1.29, 1.82) is 0 Å². The second kappa shape index (κ2) is 4.18. The molecule has 1 saturated carbocycles. The summed E-state index contributed by atoms with van der Waals surface area (Å²) in [6, 6.07) is 0. The van der Waals surface area contributed by atoms with Gasteiger partial charge in [-0.05, 0) is 12.8 Å². The molecule has 4 heteroatoms. The molecule has 12 heavy (non-hydrogen) atoms. The van der Waals surface area contributed by atoms with Gasteiger partial charge in [0, 0.05) is 5.92 Å². The first-order chi connectivity index (χ1) is 5.66. The topological polar surface area (TPSA) is 80.9 Å². The third kappa shape index (κ3) is 1.95. The third-order valence-electron chi connectivity index (χ3n) is 2.55. The van der Waals surface area contributed by atoms with Gasteiger partial charge in [0.15, 0.2) is 0 Å². The quantitative estimate of drug-likeness (QED) is 0.438. The highest BCUT2D eigenvalue weighted by Crippen LogP contribution is 2.29. The fourth-order valence-corrected chi connectivity index (χ4v) is 1.76. The van der Waals surface area contributed by atoms with Crippen LogP contribution in [-0.4, -0.2) is 45.3 Å². The normalized spacial score (nSPS) is 35.0. The molecule has 4 N–H and O–H groups in total. The van der Waals surface area contributed by atoms with Gasteiger partial charge >= 0.3 is 0 Å². The highest BCUT2D eigenvalue weighted by molar-refractivity contribution is 4.85. The Morgan fingerprint density at radius 1 is 1.25 bits per heavy atom. The van der Waals surface area contributed by atoms with Gasteiger partial charge in [-0.3, -0.25) is 0 Å². The number of rotatable bonds is 3. The van der Waals surface area contributed by atoms with Crippen LogP contribution in [0.2, 0.25) is 0 Å². The Morgan fingerprint density at radius 2 is 1.92 bits per heavy atom. The zero-order valence-corrected chi connectivity index (χ0v) is 6.93. The van der Waals surface area contributed by atoms with E-state index in [0.29, 0.717) is 6.42 Å². The minimum absolute atomic E-state index is 0.271. The molecule has 0 aromatic heterocycles. The largest absolute Gasteiger partial charge is 0.394 e. The van der Waals surface area contributed by atoms with E-state index in [1.807, 2.05) is 0 Å². The van der Waals surface area contributed by atoms with Crippen LogP contribution < -0.4 is 0 Å². The van der Waals surface area contributed by atoms with E-state index in [-0.39, 0.29) is 5.92 Å². The smallest absolute Gasteiger partial charge is 0.103 e. The molecular formula is C8H16O4. The summed E-state index contributed by atoms with van der Waals surface area (Å²) in [6.45, 7) is -0.454. The number of aliphatic hydroxyl groups excluding tert-OH is 4. The lowest BCUT2D eigenvalue weighted by Gasteiger charge is -2.24. The van der Waals surface area contributed by atoms with E-state index in [1.165, 1.54) is 0 Å². The first-order valence-corrected chi connectivity index (χ1v) is 4.32. The average molecular weight is 176 g/mol. The van der Waals surface area contributed by atoms with Crippen molar-refractivity contribution in [3.63, 3.8) is 0 Å². The molecule has 2 unspecified atom stereocenters. The molecule has 0 aliphatic heterocycles. The number of aliphatic hydroxyl groups is 4. The molecule has 0 spiro atoms. The minimum Gasteiger partial charge on any atom is -0.394 e. The lowest BCUT2D eigenvalue weighted by molar-refractivity contribution is -0.0657. The molecule has 0 radical (unpaired) electrons. The van der Waals surface area contributed by atoms with Crippen molar-refractivity contribution in [3.8, 4) is 0 Å². The Hall–Kier alpha value is -0.160. The standard InChI is InChI=1S/C8H16O4/c9-4-7(11)8(12)5-2-1-3-6(5)10/h5-12H,1-4H2/t5-,6+,7?,8?/m0/s1. The Labute approximate surface area is 71.5 Å². The van der Waals surface area contributed by atoms with Crippen LogP contribution >= 0.6 is 0 Å². The summed E-state index contributed by atoms with van der Waals surface area (Å²) in [4.78, 5) is 0. The molecule has 1 aliphatic rings. The Balaban J connectivity index is 2.45. The van der Waals surface area contributed by atoms with Crippen LogP contribution in [0, 0.1) is 5.92 Å². The van der Waals surface area contributed by atoms with E-state index in [0.717, 1.165) is 12.8 Å². The lowest BCUT2D eigenvalue weighted by Crippen LogP contribution is -2.39. The van der Waals surface area contributed by atoms with Crippen LogP contribution in [0.5, 0.6) is 0 Å². The first-order valence-electron chi connectivity index (χ1n) is 4.32. The van der Waals surface area contributed by atoms with E-state index < -0.39 is 24.9 Å². The van der Waals surface area contributed by atoms with Gasteiger partial charge in [-0.15, -0.1) is 0 Å². The van der Waals surface area contributed by atoms with Crippen LogP contribution in [0.25, 0.3) is 0 Å². The molecule has 0 saturated heterocycles. The zero-order valence-electron chi connectivity index (χ0n) is 6.93. The molecule has 72 valence electrons. The summed E-state index contributed by atoms with van der Waals surface area (Å²) in [5, 5.41) is 36.4. The van der Waals surface area contributed by atoms with Crippen molar-refractivity contribution in [2.45, 2.75) is 37.6 Å². The van der Waals surface area contributed by atoms with Crippen molar-refractivity contribution in [2.75, 3.05) is 6.61 Å². The highest BCUT2D eigenvalue weighted by Gasteiger charge is 2.34. The molecule has 4 atom stereocenters. The predicted octanol–water partition coefficient (Wildman–Crippen LogP) is -1.14. The maximum Gasteiger partial charge on any atom is 0.103 e. The molecule has 1 rings (SSSR count). The zero-order chi connectivity index (χ0) is 9.14. The summed E-state index contributed by atoms with van der Waals surface area (Å²) in [7, 11) is 0. The van der Waals surface area contributed by atoms with Gasteiger partial charge in [0.1, 0.15) is 6.10 Å². The summed E-state index contributed by atoms with van der Waals surface area (Å²) in [5.41, 5.74) is 0. The van der Waals surface area contributed by atoms with Crippen molar-refractivity contribution in [2.24, 2.45) is 5.92 Å². The van der Waals surface area contributed by atoms with Crippen LogP contribution in [0.4, 0.5) is 0 Å². The summed E-state index contributed by atoms with van der Waals surface area (Å²) in [6.07, 6.45) is -0.364. The average Bonchev–Trinajstić information content (AvgIpc) is 2.48. The van der Waals surface area contributed by atoms with E-state index >= 15 is 0 Å². The van der Waals surface area contributed by atoms with E-state index in [2.05, 4.69) is 0 Å². The lowest BCUT2D eigenvalue weighted by atomic mass is 9.95. The maximum absolute atomic E-state index is 9.42. The van der Waals surface area contributed by atoms with Gasteiger partial charge in [-0.25, -0.2) is 0 Å². The minimum atomic E-state index is -1.12. The third-order valence-corrected chi connectivity index (χ3v) is 2.55. The maximum atomic E-state index is 9.42. The van der Waals surface area contributed by atoms with Gasteiger partial charge in [0.25, 0.3) is 0 Å². The fraction of sp³-hybridized carbons (Fsp3) is 1.00. The molecule has 0 aromatic rings. The van der Waals surface area contributed by atoms with Crippen molar-refractivity contribution in [1.82, 2.24) is 0 Å². The van der Waals surface area contributed by atoms with Crippen molar-refractivity contribution in [3.05, 3.63) is 0 Å². The first kappa shape index (κ1) is 9.92. The van der Waals surface area contributed by atoms with Gasteiger partial charge < -0.3 is 20.4 Å². The van der Waals surface area contributed by atoms with Gasteiger partial charge in [0.2, 0.25) is 0 Å². The van der Waals surface area contributed by atoms with Crippen LogP contribution in [0.15, 0.2) is 0 Å². The molecule has 0 bridgehead atoms. The van der Waals surface area contributed by atoms with Crippen LogP contribution in [0.3, 0.4) is 0 Å². The Kier molecular flexibility index (Phi) is 3.46. The second-order valence-electron chi connectivity index (χ2n) is 3.40. The molecule has 0 heterocycles. The fourth-order valence-electron chi connectivity index (χ4n) is 1.76. The molecular weight excluding hydrogens is 160 g/mol. The van der Waals surface area contributed by atoms with Crippen molar-refractivity contribution >= 4 is 0 Å². The van der Waals surface area contributed by atoms with E-state index in [1.54, 1.807) is 0 Å². The molecule has 1 fully saturated rings. The van der Waals surface area contributed by atoms with Gasteiger partial charge in [-0.1, -0.05) is 6.42 Å². The SMILES string of the molecule is OCC(O)C(O)[C@H]1CCC[C@H]1O. The summed E-state index contributed by atoms with van der Waals surface area (Å²) >= 11 is 0. The summed E-state index contributed by atoms with van der Waals surface area (Å²) in [5.74, 6) is -0.271. The van der Waals surface area contributed by atoms with Gasteiger partial charge in [0.05, 0.1) is 18.8 Å². The molecule has 0 aromatic carbocycles. The number of hydrogen-bond donors (Lipinski definition) is 4. The Bertz CT molecular complexity index is 139. The second-order valence-corrected chi connectivity index (χ2v) is 3.40. The monoisotopic (exact) mass is 176 g/mol. The Morgan fingerprint density at radius 3 is 2.33 bits per heavy atom. The number of hydrogen-bond acceptors (Lipinski definition) is 4.